The van der Waals surface area contributed by atoms with E-state index in [1.165, 1.54) is 6.07 Å². The van der Waals surface area contributed by atoms with E-state index in [2.05, 4.69) is 0 Å². The van der Waals surface area contributed by atoms with Crippen molar-refractivity contribution in [1.29, 1.82) is 0 Å². The molecule has 0 radical (unpaired) electrons. The van der Waals surface area contributed by atoms with Gasteiger partial charge in [-0.15, -0.1) is 0 Å². The summed E-state index contributed by atoms with van der Waals surface area (Å²) in [5, 5.41) is 10.3. The lowest BCUT2D eigenvalue weighted by Gasteiger charge is -2.20. The van der Waals surface area contributed by atoms with Crippen LogP contribution in [-0.4, -0.2) is 11.7 Å². The van der Waals surface area contributed by atoms with Crippen molar-refractivity contribution in [2.24, 2.45) is 5.73 Å². The molecule has 0 saturated carbocycles. The van der Waals surface area contributed by atoms with Crippen LogP contribution in [0.1, 0.15) is 36.0 Å². The van der Waals surface area contributed by atoms with E-state index >= 15 is 0 Å². The van der Waals surface area contributed by atoms with Gasteiger partial charge in [-0.3, -0.25) is 0 Å². The highest BCUT2D eigenvalue weighted by molar-refractivity contribution is 5.25. The standard InChI is InChI=1S/C15H18FNO2/c1-2-10-7-8-14(19-10)15(18)12(9-17)11-5-3-4-6-13(11)16/h3-8,12,15,18H,2,9,17H2,1H3. The molecule has 0 spiro atoms. The molecule has 0 bridgehead atoms. The Kier molecular flexibility index (Phi) is 4.35. The van der Waals surface area contributed by atoms with E-state index in [1.807, 2.05) is 13.0 Å². The topological polar surface area (TPSA) is 59.4 Å². The maximum atomic E-state index is 13.8. The van der Waals surface area contributed by atoms with Gasteiger partial charge in [-0.25, -0.2) is 4.39 Å². The molecular weight excluding hydrogens is 245 g/mol. The van der Waals surface area contributed by atoms with Gasteiger partial charge >= 0.3 is 0 Å². The number of nitrogens with two attached hydrogens (primary N) is 1. The number of hydrogen-bond acceptors (Lipinski definition) is 3. The van der Waals surface area contributed by atoms with Gasteiger partial charge in [-0.05, 0) is 23.8 Å². The predicted molar refractivity (Wildman–Crippen MR) is 71.2 cm³/mol. The fourth-order valence-electron chi connectivity index (χ4n) is 2.14. The lowest BCUT2D eigenvalue weighted by atomic mass is 9.91. The minimum atomic E-state index is -0.942. The highest BCUT2D eigenvalue weighted by Gasteiger charge is 2.26. The van der Waals surface area contributed by atoms with E-state index in [-0.39, 0.29) is 12.4 Å². The van der Waals surface area contributed by atoms with Crippen molar-refractivity contribution in [2.45, 2.75) is 25.4 Å². The molecule has 2 rings (SSSR count). The summed E-state index contributed by atoms with van der Waals surface area (Å²) in [6.07, 6.45) is -0.193. The molecule has 3 N–H and O–H groups in total. The van der Waals surface area contributed by atoms with Crippen LogP contribution >= 0.6 is 0 Å². The first kappa shape index (κ1) is 13.8. The molecule has 0 saturated heterocycles. The van der Waals surface area contributed by atoms with Crippen LogP contribution in [0.5, 0.6) is 0 Å². The van der Waals surface area contributed by atoms with Crippen molar-refractivity contribution in [3.8, 4) is 0 Å². The Morgan fingerprint density at radius 3 is 2.58 bits per heavy atom. The molecule has 0 amide bonds. The first-order valence-electron chi connectivity index (χ1n) is 6.38. The van der Waals surface area contributed by atoms with Gasteiger partial charge in [0, 0.05) is 18.9 Å². The van der Waals surface area contributed by atoms with Crippen molar-refractivity contribution in [1.82, 2.24) is 0 Å². The lowest BCUT2D eigenvalue weighted by molar-refractivity contribution is 0.119. The van der Waals surface area contributed by atoms with Gasteiger partial charge < -0.3 is 15.3 Å². The van der Waals surface area contributed by atoms with Gasteiger partial charge in [-0.2, -0.15) is 0 Å². The zero-order chi connectivity index (χ0) is 13.8. The van der Waals surface area contributed by atoms with E-state index < -0.39 is 12.0 Å². The third kappa shape index (κ3) is 2.85. The Labute approximate surface area is 111 Å². The molecule has 2 unspecified atom stereocenters. The molecule has 0 aliphatic carbocycles. The molecule has 2 aromatic rings. The first-order chi connectivity index (χ1) is 9.17. The maximum absolute atomic E-state index is 13.8. The number of furan rings is 1. The zero-order valence-corrected chi connectivity index (χ0v) is 10.8. The van der Waals surface area contributed by atoms with Crippen LogP contribution in [0.2, 0.25) is 0 Å². The highest BCUT2D eigenvalue weighted by atomic mass is 19.1. The predicted octanol–water partition coefficient (Wildman–Crippen LogP) is 2.76. The van der Waals surface area contributed by atoms with Gasteiger partial charge in [-0.1, -0.05) is 25.1 Å². The van der Waals surface area contributed by atoms with Gasteiger partial charge in [0.25, 0.3) is 0 Å². The van der Waals surface area contributed by atoms with Crippen molar-refractivity contribution < 1.29 is 13.9 Å². The molecule has 1 aromatic carbocycles. The number of aliphatic hydroxyl groups excluding tert-OH is 1. The summed E-state index contributed by atoms with van der Waals surface area (Å²) in [5.41, 5.74) is 6.09. The van der Waals surface area contributed by atoms with Gasteiger partial charge in [0.1, 0.15) is 23.4 Å². The lowest BCUT2D eigenvalue weighted by Crippen LogP contribution is -2.21. The first-order valence-corrected chi connectivity index (χ1v) is 6.38. The molecule has 102 valence electrons. The molecule has 1 heterocycles. The number of hydrogen-bond donors (Lipinski definition) is 2. The van der Waals surface area contributed by atoms with E-state index in [0.29, 0.717) is 11.3 Å². The van der Waals surface area contributed by atoms with Gasteiger partial charge in [0.15, 0.2) is 0 Å². The minimum Gasteiger partial charge on any atom is -0.463 e. The van der Waals surface area contributed by atoms with Crippen LogP contribution in [0.3, 0.4) is 0 Å². The molecule has 0 fully saturated rings. The number of rotatable bonds is 5. The summed E-state index contributed by atoms with van der Waals surface area (Å²) in [4.78, 5) is 0. The van der Waals surface area contributed by atoms with Crippen LogP contribution in [-0.2, 0) is 6.42 Å². The van der Waals surface area contributed by atoms with Crippen molar-refractivity contribution in [2.75, 3.05) is 6.54 Å². The van der Waals surface area contributed by atoms with Crippen LogP contribution in [0, 0.1) is 5.82 Å². The molecule has 2 atom stereocenters. The number of halogens is 1. The number of aliphatic hydroxyl groups is 1. The van der Waals surface area contributed by atoms with E-state index in [0.717, 1.165) is 12.2 Å². The van der Waals surface area contributed by atoms with Crippen molar-refractivity contribution in [3.05, 3.63) is 59.3 Å². The zero-order valence-electron chi connectivity index (χ0n) is 10.8. The normalized spacial score (nSPS) is 14.3. The Hall–Kier alpha value is -1.65. The van der Waals surface area contributed by atoms with E-state index in [9.17, 15) is 9.50 Å². The Morgan fingerprint density at radius 2 is 2.00 bits per heavy atom. The maximum Gasteiger partial charge on any atom is 0.133 e. The summed E-state index contributed by atoms with van der Waals surface area (Å²) < 4.78 is 19.3. The fourth-order valence-corrected chi connectivity index (χ4v) is 2.14. The van der Waals surface area contributed by atoms with Crippen LogP contribution in [0.15, 0.2) is 40.8 Å². The smallest absolute Gasteiger partial charge is 0.133 e. The fraction of sp³-hybridized carbons (Fsp3) is 0.333. The molecule has 4 heteroatoms. The average Bonchev–Trinajstić information content (AvgIpc) is 2.90. The molecule has 1 aromatic heterocycles. The van der Waals surface area contributed by atoms with Crippen LogP contribution in [0.4, 0.5) is 4.39 Å². The van der Waals surface area contributed by atoms with Crippen LogP contribution < -0.4 is 5.73 Å². The summed E-state index contributed by atoms with van der Waals surface area (Å²) >= 11 is 0. The monoisotopic (exact) mass is 263 g/mol. The molecule has 0 aliphatic rings. The van der Waals surface area contributed by atoms with Crippen molar-refractivity contribution in [3.63, 3.8) is 0 Å². The third-order valence-electron chi connectivity index (χ3n) is 3.26. The Morgan fingerprint density at radius 1 is 1.26 bits per heavy atom. The summed E-state index contributed by atoms with van der Waals surface area (Å²) in [7, 11) is 0. The second kappa shape index (κ2) is 5.99. The Balaban J connectivity index is 2.29. The van der Waals surface area contributed by atoms with Crippen molar-refractivity contribution >= 4 is 0 Å². The molecule has 0 aliphatic heterocycles. The average molecular weight is 263 g/mol. The summed E-state index contributed by atoms with van der Waals surface area (Å²) in [6, 6.07) is 9.87. The molecule has 3 nitrogen and oxygen atoms in total. The highest BCUT2D eigenvalue weighted by Crippen LogP contribution is 2.32. The quantitative estimate of drug-likeness (QED) is 0.872. The van der Waals surface area contributed by atoms with E-state index in [1.54, 1.807) is 24.3 Å². The molecular formula is C15H18FNO2. The van der Waals surface area contributed by atoms with Crippen LogP contribution in [0.25, 0.3) is 0 Å². The molecule has 19 heavy (non-hydrogen) atoms. The summed E-state index contributed by atoms with van der Waals surface area (Å²) in [6.45, 7) is 2.11. The third-order valence-corrected chi connectivity index (χ3v) is 3.26. The van der Waals surface area contributed by atoms with E-state index in [4.69, 9.17) is 10.2 Å². The number of aryl methyl sites for hydroxylation is 1. The minimum absolute atomic E-state index is 0.143. The largest absolute Gasteiger partial charge is 0.463 e. The van der Waals surface area contributed by atoms with Gasteiger partial charge in [0.05, 0.1) is 0 Å². The SMILES string of the molecule is CCc1ccc(C(O)C(CN)c2ccccc2F)o1. The summed E-state index contributed by atoms with van der Waals surface area (Å²) in [5.74, 6) is 0.338. The number of benzene rings is 1. The second-order valence-corrected chi connectivity index (χ2v) is 4.47. The van der Waals surface area contributed by atoms with Gasteiger partial charge in [0.2, 0.25) is 0 Å². The second-order valence-electron chi connectivity index (χ2n) is 4.47. The Bertz CT molecular complexity index is 538.